The van der Waals surface area contributed by atoms with Crippen molar-refractivity contribution in [2.75, 3.05) is 5.33 Å². The first-order valence-electron chi connectivity index (χ1n) is 11.5. The molecule has 0 saturated heterocycles. The Balaban J connectivity index is 3.05. The molecule has 0 aliphatic rings. The summed E-state index contributed by atoms with van der Waals surface area (Å²) in [5.74, 6) is -1.93. The third-order valence-electron chi connectivity index (χ3n) is 5.28. The first-order chi connectivity index (χ1) is 13.2. The highest BCUT2D eigenvalue weighted by atomic mass is 79.9. The molecule has 0 fully saturated rings. The Bertz CT molecular complexity index is 345. The van der Waals surface area contributed by atoms with Crippen molar-refractivity contribution in [3.8, 4) is 0 Å². The van der Waals surface area contributed by atoms with E-state index in [9.17, 15) is 9.59 Å². The van der Waals surface area contributed by atoms with Gasteiger partial charge in [-0.05, 0) is 12.8 Å². The molecule has 0 rings (SSSR count). The Morgan fingerprint density at radius 3 is 1.00 bits per heavy atom. The fraction of sp³-hybridized carbons (Fsp3) is 0.913. The second-order valence-corrected chi connectivity index (χ2v) is 8.68. The van der Waals surface area contributed by atoms with Gasteiger partial charge in [-0.25, -0.2) is 4.79 Å². The summed E-state index contributed by atoms with van der Waals surface area (Å²) >= 11 is 3.49. The summed E-state index contributed by atoms with van der Waals surface area (Å²) in [6.45, 7) is 0. The van der Waals surface area contributed by atoms with Crippen LogP contribution in [0.15, 0.2) is 0 Å². The van der Waals surface area contributed by atoms with E-state index in [1.165, 1.54) is 103 Å². The molecule has 0 aliphatic carbocycles. The third-order valence-corrected chi connectivity index (χ3v) is 5.84. The van der Waals surface area contributed by atoms with E-state index >= 15 is 0 Å². The van der Waals surface area contributed by atoms with Crippen LogP contribution in [-0.2, 0) is 9.59 Å². The molecule has 0 saturated carbocycles. The second-order valence-electron chi connectivity index (χ2n) is 7.88. The first kappa shape index (κ1) is 26.6. The lowest BCUT2D eigenvalue weighted by molar-refractivity contribution is -0.149. The standard InChI is InChI=1S/C23H43BrO3/c24-21-19-17-15-13-11-9-7-5-3-1-2-4-6-8-10-12-14-16-18-20-22(25)23(26)27/h1-21H2,(H,26,27). The van der Waals surface area contributed by atoms with Crippen LogP contribution >= 0.6 is 15.9 Å². The van der Waals surface area contributed by atoms with Gasteiger partial charge in [-0.15, -0.1) is 0 Å². The number of hydrogen-bond acceptors (Lipinski definition) is 2. The number of rotatable bonds is 22. The van der Waals surface area contributed by atoms with Gasteiger partial charge in [-0.1, -0.05) is 125 Å². The Hall–Kier alpha value is -0.380. The predicted octanol–water partition coefficient (Wildman–Crippen LogP) is 7.84. The van der Waals surface area contributed by atoms with E-state index in [1.54, 1.807) is 0 Å². The Kier molecular flexibility index (Phi) is 21.6. The van der Waals surface area contributed by atoms with Crippen LogP contribution in [0.1, 0.15) is 128 Å². The van der Waals surface area contributed by atoms with Crippen molar-refractivity contribution in [3.05, 3.63) is 0 Å². The van der Waals surface area contributed by atoms with Gasteiger partial charge in [-0.3, -0.25) is 4.79 Å². The monoisotopic (exact) mass is 446 g/mol. The molecule has 0 bridgehead atoms. The van der Waals surface area contributed by atoms with Gasteiger partial charge in [0, 0.05) is 11.8 Å². The van der Waals surface area contributed by atoms with Gasteiger partial charge < -0.3 is 5.11 Å². The van der Waals surface area contributed by atoms with Gasteiger partial charge >= 0.3 is 5.97 Å². The number of aliphatic carboxylic acids is 1. The molecule has 0 unspecified atom stereocenters. The summed E-state index contributed by atoms with van der Waals surface area (Å²) in [5, 5.41) is 9.65. The maximum Gasteiger partial charge on any atom is 0.372 e. The first-order valence-corrected chi connectivity index (χ1v) is 12.6. The van der Waals surface area contributed by atoms with Crippen LogP contribution in [0.4, 0.5) is 0 Å². The summed E-state index contributed by atoms with van der Waals surface area (Å²) < 4.78 is 0. The van der Waals surface area contributed by atoms with Crippen molar-refractivity contribution < 1.29 is 14.7 Å². The number of carbonyl (C=O) groups excluding carboxylic acids is 1. The average molecular weight is 447 g/mol. The van der Waals surface area contributed by atoms with Crippen LogP contribution in [0, 0.1) is 0 Å². The van der Waals surface area contributed by atoms with Gasteiger partial charge in [-0.2, -0.15) is 0 Å². The van der Waals surface area contributed by atoms with Crippen LogP contribution in [-0.4, -0.2) is 22.2 Å². The lowest BCUT2D eigenvalue weighted by atomic mass is 10.0. The van der Waals surface area contributed by atoms with Crippen molar-refractivity contribution in [1.29, 1.82) is 0 Å². The quantitative estimate of drug-likeness (QED) is 0.104. The van der Waals surface area contributed by atoms with Gasteiger partial charge in [0.15, 0.2) is 0 Å². The molecule has 0 radical (unpaired) electrons. The van der Waals surface area contributed by atoms with E-state index in [0.29, 0.717) is 0 Å². The topological polar surface area (TPSA) is 54.4 Å². The Morgan fingerprint density at radius 1 is 0.481 bits per heavy atom. The van der Waals surface area contributed by atoms with E-state index < -0.39 is 11.8 Å². The molecular weight excluding hydrogens is 404 g/mol. The van der Waals surface area contributed by atoms with Gasteiger partial charge in [0.2, 0.25) is 5.78 Å². The normalized spacial score (nSPS) is 11.0. The molecule has 0 aromatic rings. The maximum absolute atomic E-state index is 10.9. The average Bonchev–Trinajstić information content (AvgIpc) is 2.66. The number of carboxylic acid groups (broad SMARTS) is 1. The lowest BCUT2D eigenvalue weighted by Crippen LogP contribution is -2.11. The summed E-state index contributed by atoms with van der Waals surface area (Å²) in [4.78, 5) is 21.3. The summed E-state index contributed by atoms with van der Waals surface area (Å²) in [7, 11) is 0. The van der Waals surface area contributed by atoms with Crippen LogP contribution in [0.5, 0.6) is 0 Å². The number of carbonyl (C=O) groups is 2. The van der Waals surface area contributed by atoms with Crippen molar-refractivity contribution in [3.63, 3.8) is 0 Å². The number of Topliss-reactive ketones (excluding diaryl/α,β-unsaturated/α-hetero) is 1. The molecule has 27 heavy (non-hydrogen) atoms. The predicted molar refractivity (Wildman–Crippen MR) is 119 cm³/mol. The number of ketones is 1. The number of unbranched alkanes of at least 4 members (excludes halogenated alkanes) is 18. The largest absolute Gasteiger partial charge is 0.476 e. The lowest BCUT2D eigenvalue weighted by Gasteiger charge is -2.04. The minimum atomic E-state index is -1.29. The molecule has 0 heterocycles. The van der Waals surface area contributed by atoms with Crippen LogP contribution in [0.3, 0.4) is 0 Å². The zero-order valence-electron chi connectivity index (χ0n) is 17.5. The number of halogens is 1. The van der Waals surface area contributed by atoms with Gasteiger partial charge in [0.05, 0.1) is 0 Å². The number of alkyl halides is 1. The molecule has 4 heteroatoms. The fourth-order valence-corrected chi connectivity index (χ4v) is 3.89. The molecule has 0 atom stereocenters. The molecule has 0 amide bonds. The highest BCUT2D eigenvalue weighted by molar-refractivity contribution is 9.09. The van der Waals surface area contributed by atoms with Crippen molar-refractivity contribution in [1.82, 2.24) is 0 Å². The van der Waals surface area contributed by atoms with E-state index in [-0.39, 0.29) is 6.42 Å². The molecule has 0 aromatic carbocycles. The fourth-order valence-electron chi connectivity index (χ4n) is 3.49. The second kappa shape index (κ2) is 21.9. The molecule has 160 valence electrons. The van der Waals surface area contributed by atoms with Gasteiger partial charge in [0.25, 0.3) is 0 Å². The van der Waals surface area contributed by atoms with E-state index in [4.69, 9.17) is 5.11 Å². The highest BCUT2D eigenvalue weighted by Crippen LogP contribution is 2.15. The van der Waals surface area contributed by atoms with E-state index in [2.05, 4.69) is 15.9 Å². The smallest absolute Gasteiger partial charge is 0.372 e. The van der Waals surface area contributed by atoms with E-state index in [0.717, 1.165) is 24.6 Å². The zero-order valence-corrected chi connectivity index (χ0v) is 19.1. The molecule has 3 nitrogen and oxygen atoms in total. The summed E-state index contributed by atoms with van der Waals surface area (Å²) in [5.41, 5.74) is 0. The van der Waals surface area contributed by atoms with Crippen LogP contribution < -0.4 is 0 Å². The Labute approximate surface area is 176 Å². The van der Waals surface area contributed by atoms with Crippen LogP contribution in [0.25, 0.3) is 0 Å². The van der Waals surface area contributed by atoms with E-state index in [1.807, 2.05) is 0 Å². The molecule has 1 N–H and O–H groups in total. The van der Waals surface area contributed by atoms with Crippen LogP contribution in [0.2, 0.25) is 0 Å². The summed E-state index contributed by atoms with van der Waals surface area (Å²) in [6.07, 6.45) is 25.1. The van der Waals surface area contributed by atoms with Gasteiger partial charge in [0.1, 0.15) is 0 Å². The van der Waals surface area contributed by atoms with Crippen molar-refractivity contribution in [2.45, 2.75) is 128 Å². The molecule has 0 aliphatic heterocycles. The molecular formula is C23H43BrO3. The molecule has 0 spiro atoms. The summed E-state index contributed by atoms with van der Waals surface area (Å²) in [6, 6.07) is 0. The zero-order chi connectivity index (χ0) is 20.0. The number of hydrogen-bond donors (Lipinski definition) is 1. The number of carboxylic acids is 1. The SMILES string of the molecule is O=C(O)C(=O)CCCCCCCCCCCCCCCCCCCCCBr. The maximum atomic E-state index is 10.9. The Morgan fingerprint density at radius 2 is 0.741 bits per heavy atom. The van der Waals surface area contributed by atoms with Crippen molar-refractivity contribution >= 4 is 27.7 Å². The third kappa shape index (κ3) is 21.8. The highest BCUT2D eigenvalue weighted by Gasteiger charge is 2.09. The molecule has 0 aromatic heterocycles. The minimum Gasteiger partial charge on any atom is -0.476 e. The van der Waals surface area contributed by atoms with Crippen molar-refractivity contribution in [2.24, 2.45) is 0 Å². The minimum absolute atomic E-state index is 0.201.